The standard InChI is InChI=1S/C44H60N2O10S2/c1-6-8-10-14-24-45(25-15-11-9-7-2)35-21-23-37-40(32-35)56-43(48)38(42(37)47)19-13-12-18-33-30-41(44(3,4)5)55-39-31-34(20-22-36(33)39)46(26-16-28-57(49,50)51)27-17-29-58(52,53)54/h12-13,18-23,30-32H,6-11,14-17,24-29H2,1-5H3,(H2,49,50,51,52,53,54)/p+1. The number of hydrogen-bond donors (Lipinski definition) is 3. The van der Waals surface area contributed by atoms with Gasteiger partial charge in [0.1, 0.15) is 41.5 Å². The van der Waals surface area contributed by atoms with E-state index in [1.165, 1.54) is 31.8 Å². The van der Waals surface area contributed by atoms with Gasteiger partial charge in [0, 0.05) is 54.7 Å². The van der Waals surface area contributed by atoms with Gasteiger partial charge in [-0.2, -0.15) is 16.8 Å². The zero-order valence-electron chi connectivity index (χ0n) is 34.6. The highest BCUT2D eigenvalue weighted by Crippen LogP contribution is 2.34. The van der Waals surface area contributed by atoms with Gasteiger partial charge >= 0.3 is 5.63 Å². The molecular weight excluding hydrogens is 781 g/mol. The molecule has 0 bridgehead atoms. The third-order valence-electron chi connectivity index (χ3n) is 10.0. The summed E-state index contributed by atoms with van der Waals surface area (Å²) in [5.74, 6) is 0.124. The number of unbranched alkanes of at least 4 members (excludes halogenated alkanes) is 6. The molecule has 0 fully saturated rings. The third-order valence-corrected chi connectivity index (χ3v) is 11.6. The van der Waals surface area contributed by atoms with Crippen molar-refractivity contribution < 1.29 is 39.9 Å². The minimum Gasteiger partial charge on any atom is -0.506 e. The molecule has 2 heterocycles. The van der Waals surface area contributed by atoms with E-state index in [-0.39, 0.29) is 42.7 Å². The highest BCUT2D eigenvalue weighted by Gasteiger charge is 2.22. The van der Waals surface area contributed by atoms with Crippen LogP contribution in [0.25, 0.3) is 34.4 Å². The Labute approximate surface area is 343 Å². The summed E-state index contributed by atoms with van der Waals surface area (Å²) in [6, 6.07) is 13.0. The van der Waals surface area contributed by atoms with Crippen molar-refractivity contribution in [1.29, 1.82) is 0 Å². The van der Waals surface area contributed by atoms with Gasteiger partial charge in [-0.3, -0.25) is 9.11 Å². The molecule has 1 aromatic carbocycles. The second kappa shape index (κ2) is 21.1. The molecule has 2 aliphatic rings. The minimum atomic E-state index is -4.20. The first-order valence-electron chi connectivity index (χ1n) is 20.4. The van der Waals surface area contributed by atoms with Crippen LogP contribution in [0.2, 0.25) is 0 Å². The number of anilines is 1. The van der Waals surface area contributed by atoms with E-state index >= 15 is 0 Å². The third kappa shape index (κ3) is 14.2. The molecule has 0 unspecified atom stereocenters. The molecule has 0 amide bonds. The molecular formula is C44H61N2O10S2+. The Morgan fingerprint density at radius 1 is 0.741 bits per heavy atom. The second-order valence-corrected chi connectivity index (χ2v) is 19.1. The molecule has 0 radical (unpaired) electrons. The molecule has 58 heavy (non-hydrogen) atoms. The molecule has 2 aromatic rings. The van der Waals surface area contributed by atoms with Gasteiger partial charge in [0.25, 0.3) is 20.2 Å². The molecule has 12 nitrogen and oxygen atoms in total. The van der Waals surface area contributed by atoms with Crippen molar-refractivity contribution >= 4 is 49.0 Å². The van der Waals surface area contributed by atoms with Gasteiger partial charge in [-0.1, -0.05) is 91.4 Å². The molecule has 4 rings (SSSR count). The first kappa shape index (κ1) is 46.4. The van der Waals surface area contributed by atoms with Crippen LogP contribution in [0, 0.1) is 0 Å². The van der Waals surface area contributed by atoms with Crippen LogP contribution in [0.5, 0.6) is 5.75 Å². The van der Waals surface area contributed by atoms with E-state index in [4.69, 9.17) is 8.83 Å². The Bertz CT molecular complexity index is 2320. The fourth-order valence-corrected chi connectivity index (χ4v) is 7.81. The summed E-state index contributed by atoms with van der Waals surface area (Å²) < 4.78 is 78.0. The lowest BCUT2D eigenvalue weighted by Gasteiger charge is -2.25. The number of hydrogen-bond acceptors (Lipinski definition) is 9. The minimum absolute atomic E-state index is 0.0388. The lowest BCUT2D eigenvalue weighted by molar-refractivity contribution is 0.404. The van der Waals surface area contributed by atoms with E-state index in [0.717, 1.165) is 55.6 Å². The Kier molecular flexibility index (Phi) is 16.9. The molecule has 0 atom stereocenters. The predicted octanol–water partition coefficient (Wildman–Crippen LogP) is 8.52. The first-order chi connectivity index (χ1) is 27.4. The summed E-state index contributed by atoms with van der Waals surface area (Å²) in [5.41, 5.74) is 1.88. The molecule has 1 aliphatic carbocycles. The van der Waals surface area contributed by atoms with Crippen LogP contribution in [-0.2, 0) is 25.7 Å². The van der Waals surface area contributed by atoms with Gasteiger partial charge in [0.2, 0.25) is 5.36 Å². The zero-order valence-corrected chi connectivity index (χ0v) is 36.2. The topological polar surface area (TPSA) is 179 Å². The van der Waals surface area contributed by atoms with Crippen molar-refractivity contribution in [2.75, 3.05) is 42.6 Å². The van der Waals surface area contributed by atoms with Gasteiger partial charge in [0.05, 0.1) is 23.0 Å². The Morgan fingerprint density at radius 2 is 1.34 bits per heavy atom. The normalized spacial score (nSPS) is 12.7. The molecule has 1 aliphatic heterocycles. The average Bonchev–Trinajstić information content (AvgIpc) is 3.14. The van der Waals surface area contributed by atoms with Gasteiger partial charge in [0.15, 0.2) is 0 Å². The van der Waals surface area contributed by atoms with E-state index in [9.17, 15) is 35.8 Å². The van der Waals surface area contributed by atoms with E-state index in [1.54, 1.807) is 22.8 Å². The van der Waals surface area contributed by atoms with Crippen molar-refractivity contribution in [3.05, 3.63) is 87.3 Å². The van der Waals surface area contributed by atoms with Gasteiger partial charge in [-0.15, -0.1) is 0 Å². The molecule has 0 saturated heterocycles. The van der Waals surface area contributed by atoms with Gasteiger partial charge in [-0.05, 0) is 48.7 Å². The number of allylic oxidation sites excluding steroid dienone is 2. The molecule has 14 heteroatoms. The molecule has 0 spiro atoms. The molecule has 3 N–H and O–H groups in total. The van der Waals surface area contributed by atoms with Crippen molar-refractivity contribution in [1.82, 2.24) is 4.58 Å². The van der Waals surface area contributed by atoms with Crippen LogP contribution in [0.3, 0.4) is 0 Å². The smallest absolute Gasteiger partial charge is 0.347 e. The van der Waals surface area contributed by atoms with E-state index in [2.05, 4.69) is 18.7 Å². The number of benzene rings is 2. The Morgan fingerprint density at radius 3 is 1.91 bits per heavy atom. The quantitative estimate of drug-likeness (QED) is 0.0227. The largest absolute Gasteiger partial charge is 0.506 e. The number of aromatic hydroxyl groups is 1. The number of fused-ring (bicyclic) bond motifs is 2. The van der Waals surface area contributed by atoms with Gasteiger partial charge in [-0.25, -0.2) is 9.37 Å². The Balaban J connectivity index is 1.66. The predicted molar refractivity (Wildman–Crippen MR) is 234 cm³/mol. The highest BCUT2D eigenvalue weighted by atomic mass is 32.2. The summed E-state index contributed by atoms with van der Waals surface area (Å²) in [7, 11) is -8.39. The number of rotatable bonds is 22. The fraction of sp³-hybridized carbons (Fsp3) is 0.500. The molecule has 0 saturated carbocycles. The fourth-order valence-electron chi connectivity index (χ4n) is 6.82. The van der Waals surface area contributed by atoms with Crippen LogP contribution in [0.1, 0.15) is 116 Å². The van der Waals surface area contributed by atoms with Crippen molar-refractivity contribution in [2.45, 2.75) is 104 Å². The SMILES string of the molecule is CCCCCCN(CCCCCC)c1ccc2c(O)c(/C=C/C=C/c3cc(C(C)(C)C)oc4cc(=[N+](CCCS(=O)(=O)O)CCCS(=O)(=O)O)ccc3-4)c(=O)oc2c1. The summed E-state index contributed by atoms with van der Waals surface area (Å²) in [5, 5.41) is 12.3. The summed E-state index contributed by atoms with van der Waals surface area (Å²) >= 11 is 0. The summed E-state index contributed by atoms with van der Waals surface area (Å²) in [4.78, 5) is 15.6. The highest BCUT2D eigenvalue weighted by molar-refractivity contribution is 7.86. The van der Waals surface area contributed by atoms with Crippen molar-refractivity contribution in [2.24, 2.45) is 0 Å². The van der Waals surface area contributed by atoms with Crippen molar-refractivity contribution in [3.63, 3.8) is 0 Å². The molecule has 1 aromatic heterocycles. The van der Waals surface area contributed by atoms with Crippen LogP contribution in [0.15, 0.2) is 68.2 Å². The maximum absolute atomic E-state index is 13.2. The second-order valence-electron chi connectivity index (χ2n) is 15.9. The monoisotopic (exact) mass is 841 g/mol. The van der Waals surface area contributed by atoms with E-state index < -0.39 is 37.4 Å². The van der Waals surface area contributed by atoms with Crippen LogP contribution >= 0.6 is 0 Å². The van der Waals surface area contributed by atoms with Crippen molar-refractivity contribution in [3.8, 4) is 17.1 Å². The summed E-state index contributed by atoms with van der Waals surface area (Å²) in [6.07, 6.45) is 16.2. The molecule has 318 valence electrons. The summed E-state index contributed by atoms with van der Waals surface area (Å²) in [6.45, 7) is 12.7. The zero-order chi connectivity index (χ0) is 42.5. The maximum Gasteiger partial charge on any atom is 0.347 e. The van der Waals surface area contributed by atoms with Crippen LogP contribution in [0.4, 0.5) is 5.69 Å². The van der Waals surface area contributed by atoms with Gasteiger partial charge < -0.3 is 18.8 Å². The van der Waals surface area contributed by atoms with Crippen LogP contribution < -0.4 is 20.5 Å². The van der Waals surface area contributed by atoms with E-state index in [1.807, 2.05) is 63.2 Å². The average molecular weight is 842 g/mol. The van der Waals surface area contributed by atoms with Crippen LogP contribution in [-0.4, -0.2) is 68.7 Å². The Hall–Kier alpha value is -4.24. The van der Waals surface area contributed by atoms with E-state index in [0.29, 0.717) is 27.8 Å². The lowest BCUT2D eigenvalue weighted by atomic mass is 9.90. The maximum atomic E-state index is 13.2. The first-order valence-corrected chi connectivity index (χ1v) is 23.6. The number of nitrogens with zero attached hydrogens (tertiary/aromatic N) is 2. The lowest BCUT2D eigenvalue weighted by Crippen LogP contribution is -2.33.